The Kier molecular flexibility index (Phi) is 7.79. The second kappa shape index (κ2) is 10.3. The Morgan fingerprint density at radius 1 is 1.12 bits per heavy atom. The summed E-state index contributed by atoms with van der Waals surface area (Å²) in [4.78, 5) is 28.1. The van der Waals surface area contributed by atoms with Gasteiger partial charge in [-0.2, -0.15) is 26.7 Å². The average Bonchev–Trinajstić information content (AvgIpc) is 3.45. The lowest BCUT2D eigenvalue weighted by molar-refractivity contribution is -0.226. The Bertz CT molecular complexity index is 1440. The van der Waals surface area contributed by atoms with E-state index in [1.807, 2.05) is 0 Å². The van der Waals surface area contributed by atoms with Crippen molar-refractivity contribution in [2.45, 2.75) is 82.4 Å². The number of anilines is 1. The molecular formula is C23H29F3N4O10S. The summed E-state index contributed by atoms with van der Waals surface area (Å²) in [6, 6.07) is 3.08. The molecule has 0 aliphatic carbocycles. The molecule has 228 valence electrons. The number of aromatic nitrogens is 3. The van der Waals surface area contributed by atoms with E-state index < -0.39 is 76.2 Å². The van der Waals surface area contributed by atoms with Gasteiger partial charge in [-0.1, -0.05) is 0 Å². The number of carbonyl (C=O) groups is 2. The fraction of sp³-hybridized carbons (Fsp3) is 0.652. The average molecular weight is 611 g/mol. The molecule has 1 amide bonds. The SMILES string of the molecule is CC(=O)OC[C@@]1(COS(=O)(=O)C(F)(F)F)O[C@@H](c2ccc3c(NC(=O)OC(C)(C)C)ncnn23)[C@@H]2OC(C)(C)O[C@@H]21. The van der Waals surface area contributed by atoms with E-state index in [4.69, 9.17) is 23.7 Å². The van der Waals surface area contributed by atoms with Gasteiger partial charge in [0, 0.05) is 6.92 Å². The van der Waals surface area contributed by atoms with E-state index in [9.17, 15) is 31.2 Å². The Morgan fingerprint density at radius 2 is 1.80 bits per heavy atom. The van der Waals surface area contributed by atoms with Gasteiger partial charge in [0.2, 0.25) is 0 Å². The van der Waals surface area contributed by atoms with Gasteiger partial charge in [0.1, 0.15) is 49.0 Å². The molecule has 18 heteroatoms. The summed E-state index contributed by atoms with van der Waals surface area (Å²) in [7, 11) is -6.05. The molecule has 0 saturated carbocycles. The lowest BCUT2D eigenvalue weighted by Crippen LogP contribution is -2.52. The van der Waals surface area contributed by atoms with Crippen LogP contribution >= 0.6 is 0 Å². The number of carbonyl (C=O) groups excluding carboxylic acids is 2. The Morgan fingerprint density at radius 3 is 2.41 bits per heavy atom. The van der Waals surface area contributed by atoms with Crippen LogP contribution in [0.15, 0.2) is 18.5 Å². The Balaban J connectivity index is 1.73. The molecular weight excluding hydrogens is 581 g/mol. The lowest BCUT2D eigenvalue weighted by Gasteiger charge is -2.33. The number of nitrogens with one attached hydrogen (secondary N) is 1. The van der Waals surface area contributed by atoms with Crippen LogP contribution in [0.4, 0.5) is 23.8 Å². The maximum Gasteiger partial charge on any atom is 0.523 e. The van der Waals surface area contributed by atoms with Crippen molar-refractivity contribution in [3.63, 3.8) is 0 Å². The minimum Gasteiger partial charge on any atom is -0.463 e. The first-order chi connectivity index (χ1) is 18.7. The largest absolute Gasteiger partial charge is 0.523 e. The zero-order valence-corrected chi connectivity index (χ0v) is 23.7. The number of nitrogens with zero attached hydrogens (tertiary/aromatic N) is 3. The molecule has 4 rings (SSSR count). The number of alkyl halides is 3. The second-order valence-corrected chi connectivity index (χ2v) is 12.5. The minimum absolute atomic E-state index is 0.0738. The van der Waals surface area contributed by atoms with Gasteiger partial charge in [0.05, 0.1) is 5.69 Å². The van der Waals surface area contributed by atoms with E-state index in [2.05, 4.69) is 19.6 Å². The Labute approximate surface area is 232 Å². The monoisotopic (exact) mass is 610 g/mol. The smallest absolute Gasteiger partial charge is 0.463 e. The normalized spacial score (nSPS) is 26.1. The quantitative estimate of drug-likeness (QED) is 0.277. The fourth-order valence-electron chi connectivity index (χ4n) is 4.44. The molecule has 0 unspecified atom stereocenters. The topological polar surface area (TPSA) is 166 Å². The van der Waals surface area contributed by atoms with Crippen molar-refractivity contribution in [3.8, 4) is 0 Å². The summed E-state index contributed by atoms with van der Waals surface area (Å²) in [6.07, 6.45) is -3.10. The molecule has 0 bridgehead atoms. The number of fused-ring (bicyclic) bond motifs is 2. The first-order valence-electron chi connectivity index (χ1n) is 12.2. The first-order valence-corrected chi connectivity index (χ1v) is 13.6. The fourth-order valence-corrected chi connectivity index (χ4v) is 4.93. The molecule has 0 radical (unpaired) electrons. The predicted octanol–water partition coefficient (Wildman–Crippen LogP) is 2.84. The highest BCUT2D eigenvalue weighted by atomic mass is 32.2. The predicted molar refractivity (Wildman–Crippen MR) is 131 cm³/mol. The van der Waals surface area contributed by atoms with Gasteiger partial charge >= 0.3 is 27.7 Å². The third-order valence-corrected chi connectivity index (χ3v) is 6.96. The van der Waals surface area contributed by atoms with Crippen molar-refractivity contribution >= 4 is 33.5 Å². The molecule has 2 saturated heterocycles. The van der Waals surface area contributed by atoms with Gasteiger partial charge in [-0.25, -0.2) is 14.3 Å². The standard InChI is InChI=1S/C23H29F3N4O10S/c1-12(31)35-9-22(10-36-41(33,34)23(24,25)26)17-16(37-21(5,6)39-17)15(38-22)13-7-8-14-18(27-11-28-30(13)14)29-19(32)40-20(2,3)4/h7-8,11,15-17H,9-10H2,1-6H3,(H,27,28,29,32)/t15-,16-,17-,22-/m0/s1. The highest BCUT2D eigenvalue weighted by molar-refractivity contribution is 7.87. The molecule has 0 spiro atoms. The summed E-state index contributed by atoms with van der Waals surface area (Å²) in [6.45, 7) is 7.23. The third-order valence-electron chi connectivity index (χ3n) is 5.96. The van der Waals surface area contributed by atoms with Crippen molar-refractivity contribution < 1.29 is 59.0 Å². The lowest BCUT2D eigenvalue weighted by atomic mass is 9.95. The van der Waals surface area contributed by atoms with Crippen LogP contribution in [-0.2, 0) is 42.8 Å². The van der Waals surface area contributed by atoms with E-state index in [1.54, 1.807) is 20.8 Å². The summed E-state index contributed by atoms with van der Waals surface area (Å²) >= 11 is 0. The molecule has 1 N–H and O–H groups in total. The number of esters is 1. The molecule has 4 heterocycles. The number of halogens is 3. The van der Waals surface area contributed by atoms with Crippen molar-refractivity contribution in [1.82, 2.24) is 14.6 Å². The molecule has 41 heavy (non-hydrogen) atoms. The maximum atomic E-state index is 13.1. The van der Waals surface area contributed by atoms with Gasteiger partial charge < -0.3 is 23.7 Å². The molecule has 2 aromatic heterocycles. The number of rotatable bonds is 7. The van der Waals surface area contributed by atoms with Crippen LogP contribution < -0.4 is 5.32 Å². The van der Waals surface area contributed by atoms with Gasteiger partial charge in [-0.05, 0) is 46.8 Å². The van der Waals surface area contributed by atoms with Crippen LogP contribution in [0.2, 0.25) is 0 Å². The molecule has 4 atom stereocenters. The van der Waals surface area contributed by atoms with E-state index >= 15 is 0 Å². The van der Waals surface area contributed by atoms with Gasteiger partial charge in [0.15, 0.2) is 17.2 Å². The second-order valence-electron chi connectivity index (χ2n) is 10.9. The number of hydrogen-bond acceptors (Lipinski definition) is 12. The Hall–Kier alpha value is -3.06. The molecule has 0 aromatic carbocycles. The van der Waals surface area contributed by atoms with Gasteiger partial charge in [-0.3, -0.25) is 14.3 Å². The van der Waals surface area contributed by atoms with Crippen LogP contribution in [0.1, 0.15) is 53.3 Å². The first kappa shape index (κ1) is 30.9. The number of hydrogen-bond donors (Lipinski definition) is 1. The summed E-state index contributed by atoms with van der Waals surface area (Å²) < 4.78 is 96.8. The van der Waals surface area contributed by atoms with Crippen molar-refractivity contribution in [2.24, 2.45) is 0 Å². The van der Waals surface area contributed by atoms with Crippen LogP contribution in [-0.4, -0.2) is 83.0 Å². The van der Waals surface area contributed by atoms with Crippen LogP contribution in [0.3, 0.4) is 0 Å². The van der Waals surface area contributed by atoms with E-state index in [-0.39, 0.29) is 11.5 Å². The van der Waals surface area contributed by atoms with Gasteiger partial charge in [-0.15, -0.1) is 0 Å². The van der Waals surface area contributed by atoms with Crippen LogP contribution in [0.25, 0.3) is 5.52 Å². The van der Waals surface area contributed by atoms with E-state index in [0.29, 0.717) is 5.52 Å². The van der Waals surface area contributed by atoms with E-state index in [0.717, 1.165) is 13.3 Å². The van der Waals surface area contributed by atoms with Gasteiger partial charge in [0.25, 0.3) is 0 Å². The number of amides is 1. The molecule has 2 fully saturated rings. The zero-order chi connectivity index (χ0) is 30.6. The molecule has 2 aromatic rings. The summed E-state index contributed by atoms with van der Waals surface area (Å²) in [5.74, 6) is -2.04. The molecule has 14 nitrogen and oxygen atoms in total. The van der Waals surface area contributed by atoms with Crippen molar-refractivity contribution in [1.29, 1.82) is 0 Å². The summed E-state index contributed by atoms with van der Waals surface area (Å²) in [5.41, 5.74) is -7.99. The highest BCUT2D eigenvalue weighted by Gasteiger charge is 2.65. The minimum atomic E-state index is -6.05. The molecule has 2 aliphatic heterocycles. The third kappa shape index (κ3) is 6.40. The highest BCUT2D eigenvalue weighted by Crippen LogP contribution is 2.51. The number of ether oxygens (including phenoxy) is 5. The molecule has 2 aliphatic rings. The zero-order valence-electron chi connectivity index (χ0n) is 22.8. The maximum absolute atomic E-state index is 13.1. The van der Waals surface area contributed by atoms with Crippen LogP contribution in [0, 0.1) is 0 Å². The van der Waals surface area contributed by atoms with Crippen molar-refractivity contribution in [2.75, 3.05) is 18.5 Å². The summed E-state index contributed by atoms with van der Waals surface area (Å²) in [5, 5.41) is 6.72. The van der Waals surface area contributed by atoms with Crippen LogP contribution in [0.5, 0.6) is 0 Å². The van der Waals surface area contributed by atoms with E-state index in [1.165, 1.54) is 30.5 Å². The van der Waals surface area contributed by atoms with Crippen molar-refractivity contribution in [3.05, 3.63) is 24.2 Å².